The van der Waals surface area contributed by atoms with Gasteiger partial charge >= 0.3 is 0 Å². The molecule has 0 saturated heterocycles. The van der Waals surface area contributed by atoms with Gasteiger partial charge in [0.2, 0.25) is 0 Å². The SMILES string of the molecule is c1ccc(C2(c3ccccc3)c3ccccc3-c3ccc(-c4ccc(C5(c6ccccc6)c6c(c7ccccc7c7ccccc67)Sc6c5c5ccccc5c5ccccc65)cc4)cc32)cc1. The molecule has 0 radical (unpaired) electrons. The summed E-state index contributed by atoms with van der Waals surface area (Å²) in [5.41, 5.74) is 14.2. The normalized spacial score (nSPS) is 14.1. The lowest BCUT2D eigenvalue weighted by molar-refractivity contribution is 0.724. The standard InChI is InChI=1S/C66H42S/c1-4-20-45(21-5-1)65(46-22-6-2-7-23-46)59-35-19-18-30-53(59)54-41-38-44(42-60(54)65)43-36-39-48(40-37-43)66(47-24-8-3-9-25-47)61-55-31-14-10-26-49(55)51-28-12-16-33-57(51)63(61)67-64-58-34-17-13-29-52(58)50-27-11-15-32-56(50)62(64)66/h1-42H. The van der Waals surface area contributed by atoms with Crippen molar-refractivity contribution in [3.63, 3.8) is 0 Å². The van der Waals surface area contributed by atoms with Gasteiger partial charge in [0.15, 0.2) is 0 Å². The Labute approximate surface area is 394 Å². The Bertz CT molecular complexity index is 3760. The molecule has 2 aliphatic rings. The molecule has 0 N–H and O–H groups in total. The summed E-state index contributed by atoms with van der Waals surface area (Å²) in [6.07, 6.45) is 0. The van der Waals surface area contributed by atoms with Crippen molar-refractivity contribution in [2.75, 3.05) is 0 Å². The fourth-order valence-electron chi connectivity index (χ4n) is 12.4. The first kappa shape index (κ1) is 38.3. The molecular weight excluding hydrogens is 825 g/mol. The second kappa shape index (κ2) is 14.8. The third-order valence-corrected chi connectivity index (χ3v) is 16.3. The molecule has 1 heterocycles. The van der Waals surface area contributed by atoms with Crippen LogP contribution in [0.3, 0.4) is 0 Å². The molecule has 0 spiro atoms. The Morgan fingerprint density at radius 2 is 0.597 bits per heavy atom. The van der Waals surface area contributed by atoms with E-state index in [1.165, 1.54) is 120 Å². The molecule has 0 fully saturated rings. The van der Waals surface area contributed by atoms with E-state index >= 15 is 0 Å². The summed E-state index contributed by atoms with van der Waals surface area (Å²) in [6.45, 7) is 0. The predicted molar refractivity (Wildman–Crippen MR) is 282 cm³/mol. The van der Waals surface area contributed by atoms with Crippen LogP contribution >= 0.6 is 11.8 Å². The Hall–Kier alpha value is -7.97. The van der Waals surface area contributed by atoms with Crippen LogP contribution < -0.4 is 0 Å². The van der Waals surface area contributed by atoms with E-state index in [0.717, 1.165) is 0 Å². The summed E-state index contributed by atoms with van der Waals surface area (Å²) in [7, 11) is 0. The van der Waals surface area contributed by atoms with E-state index in [-0.39, 0.29) is 0 Å². The van der Waals surface area contributed by atoms with Gasteiger partial charge in [0.1, 0.15) is 0 Å². The van der Waals surface area contributed by atoms with E-state index < -0.39 is 10.8 Å². The summed E-state index contributed by atoms with van der Waals surface area (Å²) in [5, 5.41) is 10.3. The highest BCUT2D eigenvalue weighted by Crippen LogP contribution is 2.63. The molecule has 1 heteroatoms. The maximum Gasteiger partial charge on any atom is 0.0736 e. The van der Waals surface area contributed by atoms with Gasteiger partial charge in [-0.3, -0.25) is 0 Å². The van der Waals surface area contributed by atoms with E-state index in [4.69, 9.17) is 0 Å². The number of hydrogen-bond acceptors (Lipinski definition) is 1. The molecule has 0 bridgehead atoms. The smallest absolute Gasteiger partial charge is 0.0736 e. The second-order valence-corrected chi connectivity index (χ2v) is 19.2. The van der Waals surface area contributed by atoms with Crippen LogP contribution in [0.5, 0.6) is 0 Å². The number of rotatable bonds is 5. The van der Waals surface area contributed by atoms with Crippen molar-refractivity contribution in [2.24, 2.45) is 0 Å². The highest BCUT2D eigenvalue weighted by molar-refractivity contribution is 8.00. The average molecular weight is 867 g/mol. The third kappa shape index (κ3) is 5.26. The number of hydrogen-bond donors (Lipinski definition) is 0. The molecule has 0 nitrogen and oxygen atoms in total. The molecule has 0 unspecified atom stereocenters. The van der Waals surface area contributed by atoms with Crippen molar-refractivity contribution in [1.29, 1.82) is 0 Å². The Morgan fingerprint density at radius 1 is 0.239 bits per heavy atom. The van der Waals surface area contributed by atoms with Crippen LogP contribution in [-0.4, -0.2) is 0 Å². The zero-order chi connectivity index (χ0) is 44.1. The average Bonchev–Trinajstić information content (AvgIpc) is 3.71. The monoisotopic (exact) mass is 866 g/mol. The van der Waals surface area contributed by atoms with Crippen LogP contribution in [0, 0.1) is 0 Å². The molecule has 12 aromatic rings. The minimum absolute atomic E-state index is 0.470. The molecule has 67 heavy (non-hydrogen) atoms. The zero-order valence-electron chi connectivity index (χ0n) is 36.7. The first-order valence-corrected chi connectivity index (χ1v) is 24.2. The predicted octanol–water partition coefficient (Wildman–Crippen LogP) is 17.2. The van der Waals surface area contributed by atoms with E-state index in [9.17, 15) is 0 Å². The molecule has 312 valence electrons. The fraction of sp³-hybridized carbons (Fsp3) is 0.0303. The highest BCUT2D eigenvalue weighted by atomic mass is 32.2. The first-order valence-electron chi connectivity index (χ1n) is 23.3. The minimum Gasteiger partial charge on any atom is -0.0880 e. The molecule has 14 rings (SSSR count). The van der Waals surface area contributed by atoms with Crippen molar-refractivity contribution in [1.82, 2.24) is 0 Å². The Morgan fingerprint density at radius 3 is 1.10 bits per heavy atom. The lowest BCUT2D eigenvalue weighted by Crippen LogP contribution is -2.35. The van der Waals surface area contributed by atoms with Gasteiger partial charge in [0, 0.05) is 9.79 Å². The van der Waals surface area contributed by atoms with Gasteiger partial charge in [-0.25, -0.2) is 0 Å². The number of benzene rings is 12. The maximum absolute atomic E-state index is 2.48. The maximum atomic E-state index is 2.48. The Kier molecular flexibility index (Phi) is 8.45. The third-order valence-electron chi connectivity index (χ3n) is 15.0. The zero-order valence-corrected chi connectivity index (χ0v) is 37.5. The van der Waals surface area contributed by atoms with Crippen molar-refractivity contribution >= 4 is 54.9 Å². The summed E-state index contributed by atoms with van der Waals surface area (Å²) in [4.78, 5) is 2.65. The van der Waals surface area contributed by atoms with Crippen molar-refractivity contribution in [3.8, 4) is 22.3 Å². The first-order chi connectivity index (χ1) is 33.3. The molecule has 0 amide bonds. The second-order valence-electron chi connectivity index (χ2n) is 18.2. The number of fused-ring (bicyclic) bond motifs is 15. The van der Waals surface area contributed by atoms with Crippen LogP contribution in [0.25, 0.3) is 65.3 Å². The van der Waals surface area contributed by atoms with E-state index in [0.29, 0.717) is 0 Å². The quantitative estimate of drug-likeness (QED) is 0.155. The van der Waals surface area contributed by atoms with Crippen LogP contribution in [-0.2, 0) is 10.8 Å². The van der Waals surface area contributed by atoms with E-state index in [1.54, 1.807) is 0 Å². The largest absolute Gasteiger partial charge is 0.0880 e. The van der Waals surface area contributed by atoms with Crippen molar-refractivity contribution < 1.29 is 0 Å². The highest BCUT2D eigenvalue weighted by Gasteiger charge is 2.49. The summed E-state index contributed by atoms with van der Waals surface area (Å²) >= 11 is 1.97. The molecule has 0 atom stereocenters. The molecule has 1 aliphatic carbocycles. The topological polar surface area (TPSA) is 0 Å². The van der Waals surface area contributed by atoms with Gasteiger partial charge in [-0.15, -0.1) is 0 Å². The van der Waals surface area contributed by atoms with Crippen molar-refractivity contribution in [2.45, 2.75) is 20.6 Å². The minimum atomic E-state index is -0.682. The van der Waals surface area contributed by atoms with Gasteiger partial charge in [0.05, 0.1) is 10.8 Å². The van der Waals surface area contributed by atoms with E-state index in [1.807, 2.05) is 11.8 Å². The van der Waals surface area contributed by atoms with Gasteiger partial charge < -0.3 is 0 Å². The van der Waals surface area contributed by atoms with E-state index in [2.05, 4.69) is 255 Å². The summed E-state index contributed by atoms with van der Waals surface area (Å²) in [5.74, 6) is 0. The summed E-state index contributed by atoms with van der Waals surface area (Å²) < 4.78 is 0. The fourth-order valence-corrected chi connectivity index (χ4v) is 13.9. The van der Waals surface area contributed by atoms with Crippen LogP contribution in [0.4, 0.5) is 0 Å². The van der Waals surface area contributed by atoms with Crippen LogP contribution in [0.15, 0.2) is 265 Å². The molecule has 0 aromatic heterocycles. The van der Waals surface area contributed by atoms with Crippen LogP contribution in [0.2, 0.25) is 0 Å². The molecule has 12 aromatic carbocycles. The van der Waals surface area contributed by atoms with Gasteiger partial charge in [0.25, 0.3) is 0 Å². The molecule has 1 aliphatic heterocycles. The lowest BCUT2D eigenvalue weighted by Gasteiger charge is -2.44. The van der Waals surface area contributed by atoms with Gasteiger partial charge in [-0.1, -0.05) is 260 Å². The molecular formula is C66H42S. The van der Waals surface area contributed by atoms with Gasteiger partial charge in [-0.2, -0.15) is 0 Å². The lowest BCUT2D eigenvalue weighted by atomic mass is 9.62. The van der Waals surface area contributed by atoms with Crippen molar-refractivity contribution in [3.05, 3.63) is 299 Å². The molecule has 0 saturated carbocycles. The van der Waals surface area contributed by atoms with Crippen LogP contribution in [0.1, 0.15) is 44.5 Å². The summed E-state index contributed by atoms with van der Waals surface area (Å²) in [6, 6.07) is 95.8. The Balaban J connectivity index is 1.07. The van der Waals surface area contributed by atoms with Gasteiger partial charge in [-0.05, 0) is 116 Å².